The first-order valence-electron chi connectivity index (χ1n) is 4.69. The molecule has 0 saturated carbocycles. The van der Waals surface area contributed by atoms with Crippen LogP contribution in [0.15, 0.2) is 18.2 Å². The van der Waals surface area contributed by atoms with E-state index in [9.17, 15) is 0 Å². The Bertz CT molecular complexity index is 560. The summed E-state index contributed by atoms with van der Waals surface area (Å²) in [5, 5.41) is 1.22. The van der Waals surface area contributed by atoms with Gasteiger partial charge >= 0.3 is 0 Å². The second-order valence-corrected chi connectivity index (χ2v) is 3.70. The Kier molecular flexibility index (Phi) is 1.29. The standard InChI is InChI=1S/C11H11N3/c1-6-5-8-9(12-6)3-4-10-11(8)14-7(2)13-10/h3-5,12H,1-2H3,(H,13,14). The molecule has 2 N–H and O–H groups in total. The van der Waals surface area contributed by atoms with Crippen LogP contribution in [0, 0.1) is 13.8 Å². The van der Waals surface area contributed by atoms with E-state index in [-0.39, 0.29) is 0 Å². The molecule has 0 aliphatic carbocycles. The van der Waals surface area contributed by atoms with E-state index in [1.165, 1.54) is 16.6 Å². The minimum Gasteiger partial charge on any atom is -0.359 e. The molecule has 3 heteroatoms. The van der Waals surface area contributed by atoms with E-state index in [1.807, 2.05) is 13.0 Å². The smallest absolute Gasteiger partial charge is 0.104 e. The zero-order valence-electron chi connectivity index (χ0n) is 8.18. The second-order valence-electron chi connectivity index (χ2n) is 3.70. The van der Waals surface area contributed by atoms with Crippen molar-refractivity contribution in [1.29, 1.82) is 0 Å². The molecule has 0 saturated heterocycles. The largest absolute Gasteiger partial charge is 0.359 e. The Morgan fingerprint density at radius 1 is 1.14 bits per heavy atom. The number of fused-ring (bicyclic) bond motifs is 3. The molecule has 0 unspecified atom stereocenters. The lowest BCUT2D eigenvalue weighted by Crippen LogP contribution is -1.71. The number of aromatic nitrogens is 3. The minimum absolute atomic E-state index is 0.964. The van der Waals surface area contributed by atoms with Gasteiger partial charge in [-0.2, -0.15) is 0 Å². The van der Waals surface area contributed by atoms with Crippen LogP contribution >= 0.6 is 0 Å². The zero-order valence-corrected chi connectivity index (χ0v) is 8.18. The Morgan fingerprint density at radius 3 is 2.86 bits per heavy atom. The van der Waals surface area contributed by atoms with Gasteiger partial charge in [0.15, 0.2) is 0 Å². The fourth-order valence-electron chi connectivity index (χ4n) is 1.95. The van der Waals surface area contributed by atoms with Gasteiger partial charge in [-0.3, -0.25) is 0 Å². The number of nitrogens with zero attached hydrogens (tertiary/aromatic N) is 1. The van der Waals surface area contributed by atoms with Crippen LogP contribution in [0.1, 0.15) is 11.5 Å². The molecule has 2 heterocycles. The highest BCUT2D eigenvalue weighted by atomic mass is 14.9. The van der Waals surface area contributed by atoms with Gasteiger partial charge in [0.25, 0.3) is 0 Å². The molecule has 1 aromatic carbocycles. The summed E-state index contributed by atoms with van der Waals surface area (Å²) in [6.45, 7) is 4.04. The normalized spacial score (nSPS) is 11.6. The van der Waals surface area contributed by atoms with Gasteiger partial charge in [-0.05, 0) is 32.0 Å². The van der Waals surface area contributed by atoms with Crippen molar-refractivity contribution in [3.05, 3.63) is 29.7 Å². The third-order valence-corrected chi connectivity index (χ3v) is 2.51. The van der Waals surface area contributed by atoms with Crippen molar-refractivity contribution in [3.8, 4) is 0 Å². The molecule has 0 atom stereocenters. The first kappa shape index (κ1) is 7.62. The van der Waals surface area contributed by atoms with Crippen molar-refractivity contribution >= 4 is 21.9 Å². The number of hydrogen-bond acceptors (Lipinski definition) is 1. The molecule has 0 aliphatic rings. The molecule has 3 rings (SSSR count). The van der Waals surface area contributed by atoms with Crippen LogP contribution in [0.2, 0.25) is 0 Å². The number of imidazole rings is 1. The van der Waals surface area contributed by atoms with E-state index < -0.39 is 0 Å². The first-order chi connectivity index (χ1) is 6.74. The average molecular weight is 185 g/mol. The Hall–Kier alpha value is -1.77. The third-order valence-electron chi connectivity index (χ3n) is 2.51. The molecule has 0 radical (unpaired) electrons. The van der Waals surface area contributed by atoms with Crippen molar-refractivity contribution in [3.63, 3.8) is 0 Å². The highest BCUT2D eigenvalue weighted by Crippen LogP contribution is 2.23. The van der Waals surface area contributed by atoms with Crippen LogP contribution in [-0.2, 0) is 0 Å². The van der Waals surface area contributed by atoms with E-state index >= 15 is 0 Å². The maximum absolute atomic E-state index is 4.40. The van der Waals surface area contributed by atoms with Gasteiger partial charge in [-0.15, -0.1) is 0 Å². The van der Waals surface area contributed by atoms with Crippen LogP contribution in [0.5, 0.6) is 0 Å². The fourth-order valence-corrected chi connectivity index (χ4v) is 1.95. The summed E-state index contributed by atoms with van der Waals surface area (Å²) in [4.78, 5) is 11.0. The summed E-state index contributed by atoms with van der Waals surface area (Å²) in [6, 6.07) is 6.26. The van der Waals surface area contributed by atoms with Crippen LogP contribution in [-0.4, -0.2) is 15.0 Å². The molecule has 0 spiro atoms. The average Bonchev–Trinajstić information content (AvgIpc) is 2.65. The quantitative estimate of drug-likeness (QED) is 0.555. The molecule has 0 bridgehead atoms. The summed E-state index contributed by atoms with van der Waals surface area (Å²) in [5.74, 6) is 0.964. The molecule has 14 heavy (non-hydrogen) atoms. The molecule has 0 aliphatic heterocycles. The lowest BCUT2D eigenvalue weighted by atomic mass is 10.2. The predicted octanol–water partition coefficient (Wildman–Crippen LogP) is 2.66. The molecule has 3 aromatic rings. The van der Waals surface area contributed by atoms with Crippen molar-refractivity contribution in [2.75, 3.05) is 0 Å². The molecule has 0 amide bonds. The van der Waals surface area contributed by atoms with E-state index in [0.29, 0.717) is 0 Å². The number of hydrogen-bond donors (Lipinski definition) is 2. The van der Waals surface area contributed by atoms with Crippen LogP contribution in [0.4, 0.5) is 0 Å². The summed E-state index contributed by atoms with van der Waals surface area (Å²) in [6.07, 6.45) is 0. The van der Waals surface area contributed by atoms with Gasteiger partial charge in [-0.25, -0.2) is 4.98 Å². The second kappa shape index (κ2) is 2.38. The predicted molar refractivity (Wildman–Crippen MR) is 57.4 cm³/mol. The van der Waals surface area contributed by atoms with Gasteiger partial charge in [0.05, 0.1) is 11.0 Å². The number of rotatable bonds is 0. The number of aryl methyl sites for hydroxylation is 2. The molecular weight excluding hydrogens is 174 g/mol. The third kappa shape index (κ3) is 0.894. The molecule has 3 nitrogen and oxygen atoms in total. The van der Waals surface area contributed by atoms with Crippen molar-refractivity contribution < 1.29 is 0 Å². The number of H-pyrrole nitrogens is 2. The highest BCUT2D eigenvalue weighted by Gasteiger charge is 2.05. The van der Waals surface area contributed by atoms with E-state index in [2.05, 4.69) is 34.0 Å². The monoisotopic (exact) mass is 185 g/mol. The Morgan fingerprint density at radius 2 is 2.00 bits per heavy atom. The van der Waals surface area contributed by atoms with Gasteiger partial charge in [-0.1, -0.05) is 0 Å². The fraction of sp³-hybridized carbons (Fsp3) is 0.182. The maximum atomic E-state index is 4.40. The van der Waals surface area contributed by atoms with E-state index in [1.54, 1.807) is 0 Å². The van der Waals surface area contributed by atoms with Crippen molar-refractivity contribution in [2.24, 2.45) is 0 Å². The molecule has 70 valence electrons. The van der Waals surface area contributed by atoms with Gasteiger partial charge < -0.3 is 9.97 Å². The molecular formula is C11H11N3. The van der Waals surface area contributed by atoms with Gasteiger partial charge in [0.2, 0.25) is 0 Å². The van der Waals surface area contributed by atoms with Crippen LogP contribution in [0.3, 0.4) is 0 Å². The number of aromatic amines is 2. The Labute approximate surface area is 81.2 Å². The summed E-state index contributed by atoms with van der Waals surface area (Å²) < 4.78 is 0. The SMILES string of the molecule is Cc1cc2c(ccc3nc(C)[nH]c32)[nH]1. The first-order valence-corrected chi connectivity index (χ1v) is 4.69. The lowest BCUT2D eigenvalue weighted by Gasteiger charge is -1.90. The number of benzene rings is 1. The molecule has 2 aromatic heterocycles. The number of nitrogens with one attached hydrogen (secondary N) is 2. The lowest BCUT2D eigenvalue weighted by molar-refractivity contribution is 1.17. The van der Waals surface area contributed by atoms with Crippen LogP contribution < -0.4 is 0 Å². The summed E-state index contributed by atoms with van der Waals surface area (Å²) in [5.41, 5.74) is 4.51. The molecule has 0 fully saturated rings. The minimum atomic E-state index is 0.964. The maximum Gasteiger partial charge on any atom is 0.104 e. The van der Waals surface area contributed by atoms with Crippen LogP contribution in [0.25, 0.3) is 21.9 Å². The summed E-state index contributed by atoms with van der Waals surface area (Å²) >= 11 is 0. The van der Waals surface area contributed by atoms with E-state index in [0.717, 1.165) is 16.9 Å². The van der Waals surface area contributed by atoms with Crippen molar-refractivity contribution in [2.45, 2.75) is 13.8 Å². The highest BCUT2D eigenvalue weighted by molar-refractivity contribution is 6.03. The van der Waals surface area contributed by atoms with Gasteiger partial charge in [0, 0.05) is 16.6 Å². The summed E-state index contributed by atoms with van der Waals surface area (Å²) in [7, 11) is 0. The topological polar surface area (TPSA) is 44.5 Å². The van der Waals surface area contributed by atoms with E-state index in [4.69, 9.17) is 0 Å². The van der Waals surface area contributed by atoms with Crippen molar-refractivity contribution in [1.82, 2.24) is 15.0 Å². The Balaban J connectivity index is 2.58. The van der Waals surface area contributed by atoms with Gasteiger partial charge in [0.1, 0.15) is 5.82 Å². The zero-order chi connectivity index (χ0) is 9.71.